The summed E-state index contributed by atoms with van der Waals surface area (Å²) in [5.41, 5.74) is 3.11. The number of aliphatic carboxylic acids is 1. The second-order valence-electron chi connectivity index (χ2n) is 9.35. The lowest BCUT2D eigenvalue weighted by Gasteiger charge is -2.10. The number of aromatic amines is 1. The highest BCUT2D eigenvalue weighted by molar-refractivity contribution is 7.92. The number of carbonyl (C=O) groups is 3. The second-order valence-corrected chi connectivity index (χ2v) is 11.4. The van der Waals surface area contributed by atoms with Gasteiger partial charge in [-0.15, -0.1) is 0 Å². The third kappa shape index (κ3) is 5.32. The van der Waals surface area contributed by atoms with Crippen molar-refractivity contribution in [2.75, 3.05) is 10.0 Å². The van der Waals surface area contributed by atoms with E-state index in [2.05, 4.69) is 15.0 Å². The summed E-state index contributed by atoms with van der Waals surface area (Å²) in [5, 5.41) is 11.7. The van der Waals surface area contributed by atoms with Crippen LogP contribution in [0.25, 0.3) is 11.6 Å². The Morgan fingerprint density at radius 2 is 1.90 bits per heavy atom. The molecule has 1 amide bonds. The van der Waals surface area contributed by atoms with Crippen LogP contribution in [0.2, 0.25) is 5.02 Å². The molecule has 9 nitrogen and oxygen atoms in total. The molecule has 0 bridgehead atoms. The average molecular weight is 572 g/mol. The van der Waals surface area contributed by atoms with Gasteiger partial charge in [0, 0.05) is 41.0 Å². The van der Waals surface area contributed by atoms with E-state index >= 15 is 0 Å². The fourth-order valence-corrected chi connectivity index (χ4v) is 6.12. The number of halogens is 2. The summed E-state index contributed by atoms with van der Waals surface area (Å²) in [7, 11) is -4.13. The van der Waals surface area contributed by atoms with Gasteiger partial charge in [0.2, 0.25) is 0 Å². The molecule has 1 aromatic heterocycles. The zero-order valence-corrected chi connectivity index (χ0v) is 22.0. The Morgan fingerprint density at radius 3 is 2.64 bits per heavy atom. The number of amides is 1. The number of carboxylic acid groups (broad SMARTS) is 1. The molecule has 0 saturated carbocycles. The molecule has 0 spiro atoms. The molecule has 39 heavy (non-hydrogen) atoms. The molecule has 202 valence electrons. The van der Waals surface area contributed by atoms with Gasteiger partial charge in [-0.05, 0) is 73.7 Å². The summed E-state index contributed by atoms with van der Waals surface area (Å²) in [6.45, 7) is 0. The minimum Gasteiger partial charge on any atom is -0.481 e. The number of rotatable bonds is 7. The molecule has 4 N–H and O–H groups in total. The first-order valence-electron chi connectivity index (χ1n) is 12.2. The summed E-state index contributed by atoms with van der Waals surface area (Å²) >= 11 is 5.77. The lowest BCUT2D eigenvalue weighted by atomic mass is 9.97. The maximum absolute atomic E-state index is 13.5. The van der Waals surface area contributed by atoms with Gasteiger partial charge >= 0.3 is 5.97 Å². The van der Waals surface area contributed by atoms with Crippen LogP contribution in [0, 0.1) is 5.82 Å². The van der Waals surface area contributed by atoms with Gasteiger partial charge in [0.05, 0.1) is 21.2 Å². The third-order valence-corrected chi connectivity index (χ3v) is 8.38. The minimum absolute atomic E-state index is 0.0625. The smallest absolute Gasteiger partial charge is 0.303 e. The van der Waals surface area contributed by atoms with E-state index in [9.17, 15) is 32.3 Å². The molecule has 1 aliphatic carbocycles. The monoisotopic (exact) mass is 571 g/mol. The van der Waals surface area contributed by atoms with Gasteiger partial charge in [-0.3, -0.25) is 19.1 Å². The van der Waals surface area contributed by atoms with Crippen molar-refractivity contribution in [2.45, 2.75) is 43.4 Å². The number of nitrogens with one attached hydrogen (secondary N) is 3. The highest BCUT2D eigenvalue weighted by Crippen LogP contribution is 2.37. The standard InChI is InChI=1S/C27H23ClFN3O6S/c28-19-11-14(5-8-20(19)29)32-39(37,38)15-6-9-21-17(12-15)18(27(36)31-21)13-23-16(7-10-25(34)35)26-22(30-23)3-1-2-4-24(26)33/h5-6,8-9,11-13,30,32H,1-4,7,10H2,(H,31,36)(H,34,35)/b18-13-. The van der Waals surface area contributed by atoms with Crippen molar-refractivity contribution < 1.29 is 32.3 Å². The zero-order valence-electron chi connectivity index (χ0n) is 20.4. The first kappa shape index (κ1) is 26.6. The van der Waals surface area contributed by atoms with Crippen molar-refractivity contribution in [1.82, 2.24) is 4.98 Å². The quantitative estimate of drug-likeness (QED) is 0.231. The largest absolute Gasteiger partial charge is 0.481 e. The van der Waals surface area contributed by atoms with Gasteiger partial charge in [-0.1, -0.05) is 11.6 Å². The number of Topliss-reactive ketones (excluding diaryl/α,β-unsaturated/α-hetero) is 1. The van der Waals surface area contributed by atoms with Gasteiger partial charge in [0.15, 0.2) is 5.78 Å². The van der Waals surface area contributed by atoms with Gasteiger partial charge in [0.1, 0.15) is 5.82 Å². The SMILES string of the molecule is O=C(O)CCc1c(/C=C2\C(=O)Nc3ccc(S(=O)(=O)Nc4ccc(F)c(Cl)c4)cc32)[nH]c2c1C(=O)CCCC2. The number of aromatic nitrogens is 1. The Morgan fingerprint density at radius 1 is 1.13 bits per heavy atom. The van der Waals surface area contributed by atoms with Gasteiger partial charge in [-0.2, -0.15) is 0 Å². The van der Waals surface area contributed by atoms with E-state index in [0.717, 1.165) is 25.0 Å². The molecular weight excluding hydrogens is 549 g/mol. The van der Waals surface area contributed by atoms with Gasteiger partial charge in [-0.25, -0.2) is 12.8 Å². The highest BCUT2D eigenvalue weighted by Gasteiger charge is 2.29. The molecule has 3 aromatic rings. The predicted octanol–water partition coefficient (Wildman–Crippen LogP) is 5.03. The van der Waals surface area contributed by atoms with Crippen molar-refractivity contribution in [3.63, 3.8) is 0 Å². The number of anilines is 2. The number of hydrogen-bond acceptors (Lipinski definition) is 5. The predicted molar refractivity (Wildman–Crippen MR) is 144 cm³/mol. The van der Waals surface area contributed by atoms with Gasteiger partial charge < -0.3 is 15.4 Å². The highest BCUT2D eigenvalue weighted by atomic mass is 35.5. The molecule has 0 atom stereocenters. The molecule has 0 unspecified atom stereocenters. The fourth-order valence-electron chi connectivity index (χ4n) is 4.86. The molecule has 2 heterocycles. The summed E-state index contributed by atoms with van der Waals surface area (Å²) in [6, 6.07) is 7.53. The van der Waals surface area contributed by atoms with Crippen molar-refractivity contribution in [3.8, 4) is 0 Å². The summed E-state index contributed by atoms with van der Waals surface area (Å²) in [4.78, 5) is 40.2. The second kappa shape index (κ2) is 10.3. The van der Waals surface area contributed by atoms with Crippen LogP contribution in [0.5, 0.6) is 0 Å². The number of sulfonamides is 1. The summed E-state index contributed by atoms with van der Waals surface area (Å²) < 4.78 is 42.0. The number of hydrogen-bond donors (Lipinski definition) is 4. The van der Waals surface area contributed by atoms with Crippen LogP contribution in [0.15, 0.2) is 41.3 Å². The van der Waals surface area contributed by atoms with E-state index in [-0.39, 0.29) is 39.8 Å². The Labute approximate surface area is 228 Å². The Kier molecular flexibility index (Phi) is 7.04. The van der Waals surface area contributed by atoms with E-state index in [1.54, 1.807) is 0 Å². The molecule has 2 aliphatic rings. The zero-order chi connectivity index (χ0) is 27.9. The maximum atomic E-state index is 13.5. The molecule has 1 aliphatic heterocycles. The number of carbonyl (C=O) groups excluding carboxylic acids is 2. The van der Waals surface area contributed by atoms with E-state index in [4.69, 9.17) is 11.6 Å². The van der Waals surface area contributed by atoms with Crippen LogP contribution < -0.4 is 10.0 Å². The van der Waals surface area contributed by atoms with E-state index in [1.165, 1.54) is 30.3 Å². The lowest BCUT2D eigenvalue weighted by Crippen LogP contribution is -2.13. The van der Waals surface area contributed by atoms with Crippen LogP contribution in [0.4, 0.5) is 15.8 Å². The maximum Gasteiger partial charge on any atom is 0.303 e. The molecular formula is C27H23ClFN3O6S. The summed E-state index contributed by atoms with van der Waals surface area (Å²) in [6.07, 6.45) is 3.94. The Hall–Kier alpha value is -3.96. The van der Waals surface area contributed by atoms with Crippen molar-refractivity contribution in [3.05, 3.63) is 75.3 Å². The molecule has 0 radical (unpaired) electrons. The Balaban J connectivity index is 1.55. The molecule has 2 aromatic carbocycles. The van der Waals surface area contributed by atoms with Crippen molar-refractivity contribution in [1.29, 1.82) is 0 Å². The molecule has 12 heteroatoms. The first-order valence-corrected chi connectivity index (χ1v) is 14.0. The van der Waals surface area contributed by atoms with E-state index in [1.807, 2.05) is 0 Å². The number of ketones is 1. The van der Waals surface area contributed by atoms with Crippen molar-refractivity contribution in [2.24, 2.45) is 0 Å². The van der Waals surface area contributed by atoms with Crippen LogP contribution in [-0.2, 0) is 32.5 Å². The molecule has 0 fully saturated rings. The molecule has 0 saturated heterocycles. The lowest BCUT2D eigenvalue weighted by molar-refractivity contribution is -0.137. The Bertz CT molecular complexity index is 1680. The third-order valence-electron chi connectivity index (χ3n) is 6.71. The fraction of sp³-hybridized carbons (Fsp3) is 0.222. The van der Waals surface area contributed by atoms with E-state index < -0.39 is 27.7 Å². The van der Waals surface area contributed by atoms with Crippen LogP contribution >= 0.6 is 11.6 Å². The van der Waals surface area contributed by atoms with Crippen molar-refractivity contribution >= 4 is 62.3 Å². The number of fused-ring (bicyclic) bond motifs is 2. The number of aryl methyl sites for hydroxylation is 1. The minimum atomic E-state index is -4.13. The number of H-pyrrole nitrogens is 1. The van der Waals surface area contributed by atoms with E-state index in [0.29, 0.717) is 46.6 Å². The van der Waals surface area contributed by atoms with Crippen LogP contribution in [0.1, 0.15) is 58.6 Å². The number of carboxylic acids is 1. The summed E-state index contributed by atoms with van der Waals surface area (Å²) in [5.74, 6) is -2.25. The molecule has 5 rings (SSSR count). The first-order chi connectivity index (χ1) is 18.5. The van der Waals surface area contributed by atoms with Crippen LogP contribution in [-0.4, -0.2) is 36.2 Å². The normalized spacial score (nSPS) is 16.0. The van der Waals surface area contributed by atoms with Gasteiger partial charge in [0.25, 0.3) is 15.9 Å². The van der Waals surface area contributed by atoms with Crippen LogP contribution in [0.3, 0.4) is 0 Å². The number of benzene rings is 2. The average Bonchev–Trinajstić information content (AvgIpc) is 3.31. The topological polar surface area (TPSA) is 145 Å².